The third-order valence-corrected chi connectivity index (χ3v) is 4.76. The van der Waals surface area contributed by atoms with Crippen molar-refractivity contribution in [2.24, 2.45) is 0 Å². The van der Waals surface area contributed by atoms with Crippen LogP contribution in [0.3, 0.4) is 0 Å². The largest absolute Gasteiger partial charge is 0.497 e. The van der Waals surface area contributed by atoms with Gasteiger partial charge in [-0.25, -0.2) is 9.67 Å². The fourth-order valence-electron chi connectivity index (χ4n) is 3.58. The summed E-state index contributed by atoms with van der Waals surface area (Å²) in [6.45, 7) is 8.28. The molecule has 1 aliphatic heterocycles. The molecule has 0 radical (unpaired) electrons. The van der Waals surface area contributed by atoms with E-state index < -0.39 is 0 Å². The second-order valence-corrected chi connectivity index (χ2v) is 7.50. The van der Waals surface area contributed by atoms with Crippen LogP contribution in [0.4, 0.5) is 0 Å². The smallest absolute Gasteiger partial charge is 0.141 e. The maximum Gasteiger partial charge on any atom is 0.141 e. The van der Waals surface area contributed by atoms with Crippen molar-refractivity contribution in [3.05, 3.63) is 35.9 Å². The van der Waals surface area contributed by atoms with Crippen molar-refractivity contribution in [3.63, 3.8) is 0 Å². The van der Waals surface area contributed by atoms with E-state index in [0.29, 0.717) is 6.04 Å². The number of nitrogens with zero attached hydrogens (tertiary/aromatic N) is 4. The topological polar surface area (TPSA) is 52.4 Å². The Hall–Kier alpha value is -2.08. The SMILES string of the molecule is COc1ccc(OC)c(C2CCCN2Cc2ncnn2C(C)(C)C)c1. The lowest BCUT2D eigenvalue weighted by molar-refractivity contribution is 0.221. The second kappa shape index (κ2) is 7.04. The normalized spacial score (nSPS) is 18.5. The van der Waals surface area contributed by atoms with Gasteiger partial charge in [-0.2, -0.15) is 5.10 Å². The first-order valence-electron chi connectivity index (χ1n) is 8.79. The highest BCUT2D eigenvalue weighted by molar-refractivity contribution is 5.42. The van der Waals surface area contributed by atoms with Crippen molar-refractivity contribution in [2.75, 3.05) is 20.8 Å². The van der Waals surface area contributed by atoms with Crippen LogP contribution in [0, 0.1) is 0 Å². The predicted octanol–water partition coefficient (Wildman–Crippen LogP) is 3.39. The fraction of sp³-hybridized carbons (Fsp3) is 0.579. The number of rotatable bonds is 5. The molecule has 0 amide bonds. The molecule has 1 saturated heterocycles. The van der Waals surface area contributed by atoms with Gasteiger partial charge < -0.3 is 9.47 Å². The van der Waals surface area contributed by atoms with Gasteiger partial charge in [0.05, 0.1) is 26.3 Å². The monoisotopic (exact) mass is 344 g/mol. The van der Waals surface area contributed by atoms with E-state index in [9.17, 15) is 0 Å². The second-order valence-electron chi connectivity index (χ2n) is 7.50. The van der Waals surface area contributed by atoms with Gasteiger partial charge in [0, 0.05) is 11.6 Å². The van der Waals surface area contributed by atoms with E-state index in [2.05, 4.69) is 41.8 Å². The zero-order valence-corrected chi connectivity index (χ0v) is 15.8. The molecule has 2 aromatic rings. The molecule has 0 aliphatic carbocycles. The molecule has 1 atom stereocenters. The van der Waals surface area contributed by atoms with Crippen molar-refractivity contribution in [2.45, 2.75) is 51.7 Å². The fourth-order valence-corrected chi connectivity index (χ4v) is 3.58. The van der Waals surface area contributed by atoms with Crippen LogP contribution in [0.2, 0.25) is 0 Å². The molecule has 1 aliphatic rings. The predicted molar refractivity (Wildman–Crippen MR) is 96.9 cm³/mol. The highest BCUT2D eigenvalue weighted by atomic mass is 16.5. The minimum atomic E-state index is -0.0747. The van der Waals surface area contributed by atoms with E-state index in [1.54, 1.807) is 20.5 Å². The standard InChI is InChI=1S/C19H28N4O2/c1-19(2,3)23-18(20-13-21-23)12-22-10-6-7-16(22)15-11-14(24-4)8-9-17(15)25-5/h8-9,11,13,16H,6-7,10,12H2,1-5H3. The Morgan fingerprint density at radius 2 is 2.00 bits per heavy atom. The third kappa shape index (κ3) is 3.63. The Morgan fingerprint density at radius 1 is 1.20 bits per heavy atom. The van der Waals surface area contributed by atoms with Gasteiger partial charge in [0.25, 0.3) is 0 Å². The summed E-state index contributed by atoms with van der Waals surface area (Å²) in [4.78, 5) is 6.97. The maximum atomic E-state index is 5.60. The zero-order valence-electron chi connectivity index (χ0n) is 15.8. The molecule has 1 aromatic carbocycles. The van der Waals surface area contributed by atoms with E-state index in [0.717, 1.165) is 43.3 Å². The lowest BCUT2D eigenvalue weighted by Crippen LogP contribution is -2.30. The minimum Gasteiger partial charge on any atom is -0.497 e. The average Bonchev–Trinajstić information content (AvgIpc) is 3.23. The molecule has 1 unspecified atom stereocenters. The Bertz CT molecular complexity index is 720. The molecule has 25 heavy (non-hydrogen) atoms. The van der Waals surface area contributed by atoms with Gasteiger partial charge in [-0.1, -0.05) is 0 Å². The van der Waals surface area contributed by atoms with E-state index in [1.165, 1.54) is 5.56 Å². The molecular weight excluding hydrogens is 316 g/mol. The first-order chi connectivity index (χ1) is 11.9. The Kier molecular flexibility index (Phi) is 4.99. The average molecular weight is 344 g/mol. The maximum absolute atomic E-state index is 5.60. The lowest BCUT2D eigenvalue weighted by atomic mass is 10.0. The third-order valence-electron chi connectivity index (χ3n) is 4.76. The lowest BCUT2D eigenvalue weighted by Gasteiger charge is -2.28. The number of aromatic nitrogens is 3. The van der Waals surface area contributed by atoms with Crippen molar-refractivity contribution < 1.29 is 9.47 Å². The van der Waals surface area contributed by atoms with Gasteiger partial charge in [0.2, 0.25) is 0 Å². The van der Waals surface area contributed by atoms with Gasteiger partial charge in [-0.15, -0.1) is 0 Å². The molecule has 136 valence electrons. The molecule has 1 fully saturated rings. The Labute approximate surface area is 149 Å². The number of hydrogen-bond acceptors (Lipinski definition) is 5. The minimum absolute atomic E-state index is 0.0747. The molecule has 0 saturated carbocycles. The summed E-state index contributed by atoms with van der Waals surface area (Å²) >= 11 is 0. The van der Waals surface area contributed by atoms with E-state index >= 15 is 0 Å². The van der Waals surface area contributed by atoms with Crippen LogP contribution in [-0.2, 0) is 12.1 Å². The van der Waals surface area contributed by atoms with Crippen LogP contribution in [0.15, 0.2) is 24.5 Å². The highest BCUT2D eigenvalue weighted by Crippen LogP contribution is 2.39. The molecule has 3 rings (SSSR count). The highest BCUT2D eigenvalue weighted by Gasteiger charge is 2.30. The van der Waals surface area contributed by atoms with Crippen LogP contribution < -0.4 is 9.47 Å². The number of likely N-dealkylation sites (tertiary alicyclic amines) is 1. The van der Waals surface area contributed by atoms with Gasteiger partial charge in [-0.05, 0) is 58.4 Å². The number of methoxy groups -OCH3 is 2. The van der Waals surface area contributed by atoms with Crippen molar-refractivity contribution >= 4 is 0 Å². The summed E-state index contributed by atoms with van der Waals surface area (Å²) in [5.74, 6) is 2.77. The molecule has 6 nitrogen and oxygen atoms in total. The van der Waals surface area contributed by atoms with Crippen LogP contribution in [0.5, 0.6) is 11.5 Å². The molecule has 6 heteroatoms. The number of benzene rings is 1. The quantitative estimate of drug-likeness (QED) is 0.832. The molecular formula is C19H28N4O2. The first kappa shape index (κ1) is 17.7. The van der Waals surface area contributed by atoms with E-state index in [1.807, 2.05) is 16.8 Å². The Balaban J connectivity index is 1.88. The zero-order chi connectivity index (χ0) is 18.0. The van der Waals surface area contributed by atoms with E-state index in [4.69, 9.17) is 9.47 Å². The summed E-state index contributed by atoms with van der Waals surface area (Å²) in [6.07, 6.45) is 3.92. The molecule has 1 aromatic heterocycles. The van der Waals surface area contributed by atoms with Crippen LogP contribution in [0.1, 0.15) is 51.0 Å². The number of ether oxygens (including phenoxy) is 2. The van der Waals surface area contributed by atoms with Crippen molar-refractivity contribution in [1.82, 2.24) is 19.7 Å². The summed E-state index contributed by atoms with van der Waals surface area (Å²) in [6, 6.07) is 6.33. The molecule has 0 N–H and O–H groups in total. The summed E-state index contributed by atoms with van der Waals surface area (Å²) < 4.78 is 13.0. The van der Waals surface area contributed by atoms with Crippen molar-refractivity contribution in [1.29, 1.82) is 0 Å². The van der Waals surface area contributed by atoms with Gasteiger partial charge in [0.15, 0.2) is 0 Å². The van der Waals surface area contributed by atoms with Gasteiger partial charge >= 0.3 is 0 Å². The molecule has 2 heterocycles. The number of hydrogen-bond donors (Lipinski definition) is 0. The van der Waals surface area contributed by atoms with Gasteiger partial charge in [0.1, 0.15) is 23.7 Å². The van der Waals surface area contributed by atoms with E-state index in [-0.39, 0.29) is 5.54 Å². The van der Waals surface area contributed by atoms with Crippen LogP contribution in [0.25, 0.3) is 0 Å². The van der Waals surface area contributed by atoms with Gasteiger partial charge in [-0.3, -0.25) is 4.90 Å². The first-order valence-corrected chi connectivity index (χ1v) is 8.79. The summed E-state index contributed by atoms with van der Waals surface area (Å²) in [5.41, 5.74) is 1.11. The van der Waals surface area contributed by atoms with Crippen LogP contribution in [-0.4, -0.2) is 40.4 Å². The van der Waals surface area contributed by atoms with Crippen molar-refractivity contribution in [3.8, 4) is 11.5 Å². The molecule has 0 spiro atoms. The summed E-state index contributed by atoms with van der Waals surface area (Å²) in [7, 11) is 3.42. The van der Waals surface area contributed by atoms with Crippen LogP contribution >= 0.6 is 0 Å². The molecule has 0 bridgehead atoms. The summed E-state index contributed by atoms with van der Waals surface area (Å²) in [5, 5.41) is 4.42. The Morgan fingerprint density at radius 3 is 2.68 bits per heavy atom.